The molecule has 1 amide bonds. The molecule has 0 bridgehead atoms. The fourth-order valence-corrected chi connectivity index (χ4v) is 4.94. The topological polar surface area (TPSA) is 125 Å². The molecule has 12 heteroatoms. The highest BCUT2D eigenvalue weighted by atomic mass is 32.2. The van der Waals surface area contributed by atoms with Crippen molar-refractivity contribution in [2.45, 2.75) is 4.90 Å². The maximum absolute atomic E-state index is 13.6. The highest BCUT2D eigenvalue weighted by Crippen LogP contribution is 2.33. The molecule has 1 aliphatic rings. The van der Waals surface area contributed by atoms with E-state index >= 15 is 0 Å². The van der Waals surface area contributed by atoms with Crippen LogP contribution in [0.4, 0.5) is 5.69 Å². The van der Waals surface area contributed by atoms with E-state index in [-0.39, 0.29) is 23.1 Å². The Kier molecular flexibility index (Phi) is 7.68. The van der Waals surface area contributed by atoms with E-state index in [1.807, 2.05) is 0 Å². The maximum atomic E-state index is 13.6. The normalized spacial score (nSPS) is 12.3. The number of benzene rings is 3. The van der Waals surface area contributed by atoms with Gasteiger partial charge >= 0.3 is 0 Å². The molecule has 11 nitrogen and oxygen atoms in total. The van der Waals surface area contributed by atoms with E-state index in [2.05, 4.69) is 10.5 Å². The number of carbonyl (C=O) groups excluding carboxylic acids is 1. The number of anilines is 1. The molecule has 0 aromatic heterocycles. The van der Waals surface area contributed by atoms with Crippen LogP contribution in [0.5, 0.6) is 28.7 Å². The van der Waals surface area contributed by atoms with Gasteiger partial charge in [-0.15, -0.1) is 0 Å². The number of hydrogen-bond acceptors (Lipinski definition) is 9. The van der Waals surface area contributed by atoms with E-state index in [4.69, 9.17) is 23.7 Å². The molecule has 0 spiro atoms. The minimum Gasteiger partial charge on any atom is -0.497 e. The zero-order valence-electron chi connectivity index (χ0n) is 20.3. The highest BCUT2D eigenvalue weighted by molar-refractivity contribution is 7.92. The van der Waals surface area contributed by atoms with Crippen LogP contribution in [0.15, 0.2) is 70.7 Å². The molecule has 0 unspecified atom stereocenters. The second-order valence-electron chi connectivity index (χ2n) is 7.63. The van der Waals surface area contributed by atoms with Gasteiger partial charge in [-0.3, -0.25) is 9.10 Å². The lowest BCUT2D eigenvalue weighted by Crippen LogP contribution is -2.39. The summed E-state index contributed by atoms with van der Waals surface area (Å²) in [6.45, 7) is -0.399. The SMILES string of the molecule is COc1ccc(N(CC(=O)NN=Cc2ccc3c(c2)OCO3)S(=O)(=O)c2ccc(OC)c(OC)c2)cc1. The molecule has 0 saturated carbocycles. The fraction of sp³-hybridized carbons (Fsp3) is 0.200. The molecular weight excluding hydrogens is 502 g/mol. The first-order valence-electron chi connectivity index (χ1n) is 11.0. The van der Waals surface area contributed by atoms with Crippen LogP contribution in [0, 0.1) is 0 Å². The molecule has 0 fully saturated rings. The number of nitrogens with zero attached hydrogens (tertiary/aromatic N) is 2. The Labute approximate surface area is 214 Å². The Morgan fingerprint density at radius 3 is 2.38 bits per heavy atom. The third-order valence-electron chi connectivity index (χ3n) is 5.39. The third-order valence-corrected chi connectivity index (χ3v) is 7.16. The van der Waals surface area contributed by atoms with Crippen molar-refractivity contribution in [1.29, 1.82) is 0 Å². The number of rotatable bonds is 10. The van der Waals surface area contributed by atoms with E-state index in [0.717, 1.165) is 4.31 Å². The molecule has 1 aliphatic heterocycles. The van der Waals surface area contributed by atoms with Crippen LogP contribution in [0.1, 0.15) is 5.56 Å². The predicted molar refractivity (Wildman–Crippen MR) is 135 cm³/mol. The summed E-state index contributed by atoms with van der Waals surface area (Å²) < 4.78 is 54.5. The number of hydrazone groups is 1. The van der Waals surface area contributed by atoms with Crippen molar-refractivity contribution in [3.8, 4) is 28.7 Å². The van der Waals surface area contributed by atoms with Crippen molar-refractivity contribution >= 4 is 27.8 Å². The molecular formula is C25H25N3O8S. The fourth-order valence-electron chi connectivity index (χ4n) is 3.51. The lowest BCUT2D eigenvalue weighted by Gasteiger charge is -2.24. The van der Waals surface area contributed by atoms with Gasteiger partial charge in [0, 0.05) is 6.07 Å². The number of amides is 1. The van der Waals surface area contributed by atoms with Gasteiger partial charge in [-0.1, -0.05) is 0 Å². The van der Waals surface area contributed by atoms with Crippen LogP contribution in [-0.2, 0) is 14.8 Å². The average Bonchev–Trinajstić information content (AvgIpc) is 3.39. The van der Waals surface area contributed by atoms with Gasteiger partial charge in [0.25, 0.3) is 15.9 Å². The van der Waals surface area contributed by atoms with Crippen LogP contribution >= 0.6 is 0 Å². The molecule has 4 rings (SSSR count). The molecule has 0 radical (unpaired) electrons. The number of sulfonamides is 1. The molecule has 37 heavy (non-hydrogen) atoms. The first-order chi connectivity index (χ1) is 17.8. The van der Waals surface area contributed by atoms with Gasteiger partial charge in [-0.25, -0.2) is 13.8 Å². The van der Waals surface area contributed by atoms with Crippen molar-refractivity contribution in [2.75, 3.05) is 39.0 Å². The van der Waals surface area contributed by atoms with Crippen LogP contribution in [-0.4, -0.2) is 55.2 Å². The Morgan fingerprint density at radius 1 is 0.946 bits per heavy atom. The number of carbonyl (C=O) groups is 1. The summed E-state index contributed by atoms with van der Waals surface area (Å²) in [5.74, 6) is 1.67. The summed E-state index contributed by atoms with van der Waals surface area (Å²) in [7, 11) is 0.155. The molecule has 194 valence electrons. The molecule has 3 aromatic rings. The number of nitrogens with one attached hydrogen (secondary N) is 1. The maximum Gasteiger partial charge on any atom is 0.264 e. The van der Waals surface area contributed by atoms with E-state index < -0.39 is 22.5 Å². The Bertz CT molecular complexity index is 1410. The van der Waals surface area contributed by atoms with Gasteiger partial charge in [0.05, 0.1) is 38.1 Å². The first-order valence-corrected chi connectivity index (χ1v) is 12.4. The van der Waals surface area contributed by atoms with Crippen molar-refractivity contribution in [1.82, 2.24) is 5.43 Å². The molecule has 1 N–H and O–H groups in total. The second kappa shape index (κ2) is 11.1. The zero-order valence-corrected chi connectivity index (χ0v) is 21.2. The minimum absolute atomic E-state index is 0.0855. The summed E-state index contributed by atoms with van der Waals surface area (Å²) in [5, 5.41) is 3.95. The number of methoxy groups -OCH3 is 3. The molecule has 0 aliphatic carbocycles. The summed E-state index contributed by atoms with van der Waals surface area (Å²) in [4.78, 5) is 12.7. The van der Waals surface area contributed by atoms with E-state index in [0.29, 0.717) is 28.6 Å². The smallest absolute Gasteiger partial charge is 0.264 e. The van der Waals surface area contributed by atoms with Crippen molar-refractivity contribution in [2.24, 2.45) is 5.10 Å². The number of fused-ring (bicyclic) bond motifs is 1. The lowest BCUT2D eigenvalue weighted by molar-refractivity contribution is -0.119. The summed E-state index contributed by atoms with van der Waals surface area (Å²) in [6.07, 6.45) is 1.42. The van der Waals surface area contributed by atoms with E-state index in [1.165, 1.54) is 45.7 Å². The standard InChI is InChI=1S/C25H25N3O8S/c1-32-19-7-5-18(6-8-19)28(37(30,31)20-9-11-21(33-2)23(13-20)34-3)15-25(29)27-26-14-17-4-10-22-24(12-17)36-16-35-22/h4-14H,15-16H2,1-3H3,(H,27,29). The number of hydrogen-bond donors (Lipinski definition) is 1. The highest BCUT2D eigenvalue weighted by Gasteiger charge is 2.28. The quantitative estimate of drug-likeness (QED) is 0.315. The van der Waals surface area contributed by atoms with Crippen LogP contribution in [0.2, 0.25) is 0 Å². The van der Waals surface area contributed by atoms with Crippen molar-refractivity contribution < 1.29 is 36.9 Å². The molecule has 1 heterocycles. The van der Waals surface area contributed by atoms with Crippen molar-refractivity contribution in [3.63, 3.8) is 0 Å². The molecule has 0 saturated heterocycles. The number of ether oxygens (including phenoxy) is 5. The Morgan fingerprint density at radius 2 is 1.68 bits per heavy atom. The molecule has 0 atom stereocenters. The van der Waals surface area contributed by atoms with Crippen molar-refractivity contribution in [3.05, 3.63) is 66.2 Å². The monoisotopic (exact) mass is 527 g/mol. The summed E-state index contributed by atoms with van der Waals surface area (Å²) in [5.41, 5.74) is 3.29. The van der Waals surface area contributed by atoms with Gasteiger partial charge < -0.3 is 23.7 Å². The second-order valence-corrected chi connectivity index (χ2v) is 9.49. The van der Waals surface area contributed by atoms with Gasteiger partial charge in [0.15, 0.2) is 23.0 Å². The van der Waals surface area contributed by atoms with Gasteiger partial charge in [0.2, 0.25) is 6.79 Å². The largest absolute Gasteiger partial charge is 0.497 e. The van der Waals surface area contributed by atoms with Crippen LogP contribution in [0.25, 0.3) is 0 Å². The lowest BCUT2D eigenvalue weighted by atomic mass is 10.2. The minimum atomic E-state index is -4.20. The van der Waals surface area contributed by atoms with Crippen LogP contribution < -0.4 is 33.4 Å². The van der Waals surface area contributed by atoms with Gasteiger partial charge in [0.1, 0.15) is 12.3 Å². The van der Waals surface area contributed by atoms with E-state index in [9.17, 15) is 13.2 Å². The van der Waals surface area contributed by atoms with Crippen LogP contribution in [0.3, 0.4) is 0 Å². The Hall–Kier alpha value is -4.45. The summed E-state index contributed by atoms with van der Waals surface area (Å²) >= 11 is 0. The van der Waals surface area contributed by atoms with Gasteiger partial charge in [-0.2, -0.15) is 5.10 Å². The average molecular weight is 528 g/mol. The first kappa shape index (κ1) is 25.6. The van der Waals surface area contributed by atoms with Gasteiger partial charge in [-0.05, 0) is 60.2 Å². The van der Waals surface area contributed by atoms with E-state index in [1.54, 1.807) is 42.5 Å². The summed E-state index contributed by atoms with van der Waals surface area (Å²) in [6, 6.07) is 15.7. The Balaban J connectivity index is 1.58. The third kappa shape index (κ3) is 5.70. The molecule has 3 aromatic carbocycles. The predicted octanol–water partition coefficient (Wildman–Crippen LogP) is 2.79. The zero-order chi connectivity index (χ0) is 26.4.